The number of amides is 3. The maximum atomic E-state index is 13.1. The molecule has 238 valence electrons. The third-order valence-corrected chi connectivity index (χ3v) is 8.87. The van der Waals surface area contributed by atoms with Gasteiger partial charge in [0.1, 0.15) is 4.88 Å². The fourth-order valence-corrected chi connectivity index (χ4v) is 6.45. The van der Waals surface area contributed by atoms with E-state index in [0.717, 1.165) is 22.9 Å². The Balaban J connectivity index is 1.02. The largest absolute Gasteiger partial charge is 0.493 e. The van der Waals surface area contributed by atoms with Gasteiger partial charge in [0.15, 0.2) is 17.3 Å². The van der Waals surface area contributed by atoms with Gasteiger partial charge >= 0.3 is 5.97 Å². The Labute approximate surface area is 268 Å². The van der Waals surface area contributed by atoms with E-state index in [1.54, 1.807) is 43.6 Å². The molecule has 13 nitrogen and oxygen atoms in total. The number of benzene rings is 2. The molecule has 3 amide bonds. The minimum atomic E-state index is -0.458. The fraction of sp³-hybridized carbons (Fsp3) is 0.312. The Morgan fingerprint density at radius 2 is 1.93 bits per heavy atom. The monoisotopic (exact) mass is 644 g/mol. The number of imidazole rings is 1. The van der Waals surface area contributed by atoms with Gasteiger partial charge in [0.25, 0.3) is 11.8 Å². The summed E-state index contributed by atoms with van der Waals surface area (Å²) in [5, 5.41) is 6.33. The fourth-order valence-electron chi connectivity index (χ4n) is 5.49. The highest BCUT2D eigenvalue weighted by Gasteiger charge is 2.32. The van der Waals surface area contributed by atoms with Gasteiger partial charge in [-0.25, -0.2) is 9.78 Å². The molecule has 0 bridgehead atoms. The van der Waals surface area contributed by atoms with Crippen LogP contribution in [0, 0.1) is 0 Å². The van der Waals surface area contributed by atoms with Crippen LogP contribution in [0.5, 0.6) is 11.5 Å². The number of hydrogen-bond donors (Lipinski definition) is 2. The van der Waals surface area contributed by atoms with E-state index in [4.69, 9.17) is 14.2 Å². The average molecular weight is 645 g/mol. The Bertz CT molecular complexity index is 1880. The lowest BCUT2D eigenvalue weighted by molar-refractivity contribution is -0.116. The number of nitrogens with one attached hydrogen (secondary N) is 2. The number of carbonyl (C=O) groups excluding carboxylic acids is 4. The zero-order chi connectivity index (χ0) is 32.4. The molecule has 46 heavy (non-hydrogen) atoms. The number of methoxy groups -OCH3 is 2. The SMILES string of the molecule is COC(=O)c1cc2cc(NC(=O)c3nc(NC(=O)CCCOc4cc5c(cc4OC)C(=O)N4CCCC4C=N5)cn3C)ccc2s1. The number of aromatic nitrogens is 2. The Morgan fingerprint density at radius 1 is 1.09 bits per heavy atom. The van der Waals surface area contributed by atoms with Crippen LogP contribution in [0.1, 0.15) is 56.3 Å². The zero-order valence-corrected chi connectivity index (χ0v) is 26.3. The van der Waals surface area contributed by atoms with Crippen molar-refractivity contribution in [3.05, 3.63) is 58.9 Å². The highest BCUT2D eigenvalue weighted by molar-refractivity contribution is 7.20. The molecule has 0 spiro atoms. The number of aliphatic imine (C=N–C) groups is 1. The molecule has 1 saturated heterocycles. The Hall–Kier alpha value is -5.24. The Kier molecular flexibility index (Phi) is 8.70. The molecular formula is C32H32N6O7S. The van der Waals surface area contributed by atoms with Crippen molar-refractivity contribution in [1.82, 2.24) is 14.5 Å². The van der Waals surface area contributed by atoms with E-state index in [-0.39, 0.29) is 42.5 Å². The molecule has 0 saturated carbocycles. The summed E-state index contributed by atoms with van der Waals surface area (Å²) in [7, 11) is 4.50. The highest BCUT2D eigenvalue weighted by atomic mass is 32.1. The molecule has 14 heteroatoms. The van der Waals surface area contributed by atoms with Crippen LogP contribution in [0.2, 0.25) is 0 Å². The summed E-state index contributed by atoms with van der Waals surface area (Å²) < 4.78 is 18.6. The van der Waals surface area contributed by atoms with Gasteiger partial charge in [0, 0.05) is 48.9 Å². The van der Waals surface area contributed by atoms with Crippen molar-refractivity contribution in [2.75, 3.05) is 38.0 Å². The summed E-state index contributed by atoms with van der Waals surface area (Å²) in [6, 6.07) is 10.4. The first kappa shape index (κ1) is 30.8. The van der Waals surface area contributed by atoms with Gasteiger partial charge in [-0.15, -0.1) is 11.3 Å². The zero-order valence-electron chi connectivity index (χ0n) is 25.5. The lowest BCUT2D eigenvalue weighted by Gasteiger charge is -2.20. The smallest absolute Gasteiger partial charge is 0.348 e. The third-order valence-electron chi connectivity index (χ3n) is 7.77. The predicted molar refractivity (Wildman–Crippen MR) is 173 cm³/mol. The van der Waals surface area contributed by atoms with Crippen molar-refractivity contribution in [3.63, 3.8) is 0 Å². The van der Waals surface area contributed by atoms with Crippen molar-refractivity contribution >= 4 is 68.5 Å². The molecule has 6 rings (SSSR count). The van der Waals surface area contributed by atoms with Gasteiger partial charge < -0.3 is 34.3 Å². The molecule has 2 aromatic carbocycles. The normalized spacial score (nSPS) is 15.2. The standard InChI is InChI=1S/C32H32N6O7S/c1-37-17-27(36-29(37)30(40)34-19-8-9-25-18(12-19)13-26(46-25)32(42)44-3)35-28(39)7-5-11-45-24-15-22-21(14-23(24)43-2)31(41)38-10-4-6-20(38)16-33-22/h8-9,12-17,20H,4-7,10-11H2,1-3H3,(H,34,40)(H,35,39). The van der Waals surface area contributed by atoms with Crippen LogP contribution in [0.25, 0.3) is 10.1 Å². The molecule has 2 aromatic heterocycles. The van der Waals surface area contributed by atoms with Gasteiger partial charge in [-0.1, -0.05) is 0 Å². The van der Waals surface area contributed by atoms with E-state index in [1.165, 1.54) is 30.1 Å². The number of hydrogen-bond acceptors (Lipinski definition) is 10. The predicted octanol–water partition coefficient (Wildman–Crippen LogP) is 4.80. The van der Waals surface area contributed by atoms with Gasteiger partial charge in [-0.2, -0.15) is 0 Å². The first-order valence-corrected chi connectivity index (χ1v) is 15.5. The van der Waals surface area contributed by atoms with E-state index >= 15 is 0 Å². The number of anilines is 2. The Morgan fingerprint density at radius 3 is 2.74 bits per heavy atom. The maximum absolute atomic E-state index is 13.1. The number of aryl methyl sites for hydroxylation is 1. The van der Waals surface area contributed by atoms with Crippen molar-refractivity contribution < 1.29 is 33.4 Å². The van der Waals surface area contributed by atoms with Crippen LogP contribution >= 0.6 is 11.3 Å². The summed E-state index contributed by atoms with van der Waals surface area (Å²) in [5.74, 6) is -0.0201. The molecule has 2 aliphatic heterocycles. The van der Waals surface area contributed by atoms with Crippen LogP contribution in [-0.2, 0) is 16.6 Å². The van der Waals surface area contributed by atoms with Gasteiger partial charge in [-0.05, 0) is 55.0 Å². The number of esters is 1. The topological polar surface area (TPSA) is 153 Å². The van der Waals surface area contributed by atoms with Crippen LogP contribution in [0.4, 0.5) is 17.2 Å². The average Bonchev–Trinajstić information content (AvgIpc) is 3.77. The van der Waals surface area contributed by atoms with Gasteiger partial charge in [0.05, 0.1) is 38.1 Å². The third kappa shape index (κ3) is 6.29. The quantitative estimate of drug-likeness (QED) is 0.184. The number of thiophene rings is 1. The van der Waals surface area contributed by atoms with E-state index < -0.39 is 11.9 Å². The molecule has 4 aromatic rings. The van der Waals surface area contributed by atoms with Crippen LogP contribution in [0.15, 0.2) is 47.6 Å². The second kappa shape index (κ2) is 13.0. The van der Waals surface area contributed by atoms with E-state index in [2.05, 4.69) is 20.6 Å². The summed E-state index contributed by atoms with van der Waals surface area (Å²) in [6.45, 7) is 0.930. The molecule has 2 N–H and O–H groups in total. The van der Waals surface area contributed by atoms with Gasteiger partial charge in [-0.3, -0.25) is 19.4 Å². The van der Waals surface area contributed by atoms with E-state index in [1.807, 2.05) is 17.2 Å². The summed E-state index contributed by atoms with van der Waals surface area (Å²) >= 11 is 1.31. The second-order valence-corrected chi connectivity index (χ2v) is 12.0. The number of fused-ring (bicyclic) bond motifs is 3. The number of rotatable bonds is 10. The molecular weight excluding hydrogens is 612 g/mol. The highest BCUT2D eigenvalue weighted by Crippen LogP contribution is 2.38. The van der Waals surface area contributed by atoms with E-state index in [9.17, 15) is 19.2 Å². The van der Waals surface area contributed by atoms with Crippen LogP contribution < -0.4 is 20.1 Å². The summed E-state index contributed by atoms with van der Waals surface area (Å²) in [4.78, 5) is 61.7. The van der Waals surface area contributed by atoms with Gasteiger partial charge in [0.2, 0.25) is 11.7 Å². The number of nitrogens with zero attached hydrogens (tertiary/aromatic N) is 4. The lowest BCUT2D eigenvalue weighted by atomic mass is 10.1. The van der Waals surface area contributed by atoms with Crippen molar-refractivity contribution in [2.24, 2.45) is 12.0 Å². The first-order chi connectivity index (χ1) is 22.2. The molecule has 0 radical (unpaired) electrons. The van der Waals surface area contributed by atoms with Crippen molar-refractivity contribution in [1.29, 1.82) is 0 Å². The van der Waals surface area contributed by atoms with Crippen LogP contribution in [0.3, 0.4) is 0 Å². The first-order valence-electron chi connectivity index (χ1n) is 14.7. The minimum Gasteiger partial charge on any atom is -0.493 e. The number of ether oxygens (including phenoxy) is 3. The molecule has 1 unspecified atom stereocenters. The molecule has 0 aliphatic carbocycles. The molecule has 1 atom stereocenters. The molecule has 1 fully saturated rings. The molecule has 4 heterocycles. The van der Waals surface area contributed by atoms with Crippen molar-refractivity contribution in [3.8, 4) is 11.5 Å². The summed E-state index contributed by atoms with van der Waals surface area (Å²) in [5.41, 5.74) is 1.54. The number of carbonyl (C=O) groups is 4. The maximum Gasteiger partial charge on any atom is 0.348 e. The molecule has 2 aliphatic rings. The summed E-state index contributed by atoms with van der Waals surface area (Å²) in [6.07, 6.45) is 5.76. The van der Waals surface area contributed by atoms with Crippen molar-refractivity contribution in [2.45, 2.75) is 31.7 Å². The van der Waals surface area contributed by atoms with E-state index in [0.29, 0.717) is 46.3 Å². The minimum absolute atomic E-state index is 0.00362. The second-order valence-electron chi connectivity index (χ2n) is 10.9. The lowest BCUT2D eigenvalue weighted by Crippen LogP contribution is -2.35. The van der Waals surface area contributed by atoms with Crippen LogP contribution in [-0.4, -0.2) is 77.8 Å².